The Hall–Kier alpha value is -0.0800. The van der Waals surface area contributed by atoms with Crippen molar-refractivity contribution >= 4 is 0 Å². The van der Waals surface area contributed by atoms with Gasteiger partial charge < -0.3 is 5.11 Å². The van der Waals surface area contributed by atoms with E-state index in [4.69, 9.17) is 0 Å². The first kappa shape index (κ1) is 15.0. The van der Waals surface area contributed by atoms with E-state index in [2.05, 4.69) is 32.7 Å². The monoisotopic (exact) mass is 241 g/mol. The van der Waals surface area contributed by atoms with Crippen LogP contribution in [-0.4, -0.2) is 29.3 Å². The molecule has 3 unspecified atom stereocenters. The highest BCUT2D eigenvalue weighted by atomic mass is 16.3. The van der Waals surface area contributed by atoms with Gasteiger partial charge in [0.25, 0.3) is 0 Å². The van der Waals surface area contributed by atoms with Crippen LogP contribution in [0, 0.1) is 11.8 Å². The zero-order valence-electron chi connectivity index (χ0n) is 12.2. The van der Waals surface area contributed by atoms with Crippen molar-refractivity contribution in [2.75, 3.05) is 7.05 Å². The molecular weight excluding hydrogens is 210 g/mol. The SMILES string of the molecule is CCCC(O)N(C)C1CCCCC1CC(C)C. The van der Waals surface area contributed by atoms with Crippen LogP contribution in [0.5, 0.6) is 0 Å². The third-order valence-electron chi connectivity index (χ3n) is 4.18. The Morgan fingerprint density at radius 2 is 1.88 bits per heavy atom. The van der Waals surface area contributed by atoms with Crippen LogP contribution in [0.3, 0.4) is 0 Å². The summed E-state index contributed by atoms with van der Waals surface area (Å²) in [5.74, 6) is 1.57. The fourth-order valence-corrected chi connectivity index (χ4v) is 3.29. The van der Waals surface area contributed by atoms with Crippen LogP contribution < -0.4 is 0 Å². The summed E-state index contributed by atoms with van der Waals surface area (Å²) in [5.41, 5.74) is 0. The fraction of sp³-hybridized carbons (Fsp3) is 1.00. The highest BCUT2D eigenvalue weighted by molar-refractivity contribution is 4.83. The maximum Gasteiger partial charge on any atom is 0.107 e. The minimum Gasteiger partial charge on any atom is -0.378 e. The van der Waals surface area contributed by atoms with Crippen LogP contribution in [0.1, 0.15) is 65.7 Å². The van der Waals surface area contributed by atoms with Crippen molar-refractivity contribution in [1.29, 1.82) is 0 Å². The van der Waals surface area contributed by atoms with E-state index >= 15 is 0 Å². The van der Waals surface area contributed by atoms with E-state index in [1.165, 1.54) is 32.1 Å². The fourth-order valence-electron chi connectivity index (χ4n) is 3.29. The number of rotatable bonds is 6. The van der Waals surface area contributed by atoms with E-state index in [1.807, 2.05) is 0 Å². The second-order valence-corrected chi connectivity index (χ2v) is 6.18. The van der Waals surface area contributed by atoms with Gasteiger partial charge in [-0.15, -0.1) is 0 Å². The summed E-state index contributed by atoms with van der Waals surface area (Å²) < 4.78 is 0. The van der Waals surface area contributed by atoms with Gasteiger partial charge in [-0.1, -0.05) is 40.0 Å². The van der Waals surface area contributed by atoms with Crippen molar-refractivity contribution in [3.63, 3.8) is 0 Å². The quantitative estimate of drug-likeness (QED) is 0.718. The Labute approximate surface area is 107 Å². The van der Waals surface area contributed by atoms with Gasteiger partial charge in [0.1, 0.15) is 6.23 Å². The van der Waals surface area contributed by atoms with Gasteiger partial charge in [0.2, 0.25) is 0 Å². The maximum atomic E-state index is 10.1. The molecule has 1 aliphatic rings. The minimum atomic E-state index is -0.238. The van der Waals surface area contributed by atoms with Gasteiger partial charge in [-0.25, -0.2) is 0 Å². The molecule has 1 N–H and O–H groups in total. The molecule has 0 aromatic rings. The van der Waals surface area contributed by atoms with E-state index in [0.717, 1.165) is 24.7 Å². The second-order valence-electron chi connectivity index (χ2n) is 6.18. The summed E-state index contributed by atoms with van der Waals surface area (Å²) in [6, 6.07) is 0.604. The zero-order chi connectivity index (χ0) is 12.8. The molecule has 0 aromatic heterocycles. The summed E-state index contributed by atoms with van der Waals surface area (Å²) in [5, 5.41) is 10.1. The molecule has 1 fully saturated rings. The molecule has 1 aliphatic carbocycles. The Kier molecular flexibility index (Phi) is 6.50. The smallest absolute Gasteiger partial charge is 0.107 e. The Morgan fingerprint density at radius 1 is 1.24 bits per heavy atom. The maximum absolute atomic E-state index is 10.1. The molecule has 3 atom stereocenters. The molecule has 0 amide bonds. The summed E-state index contributed by atoms with van der Waals surface area (Å²) in [7, 11) is 2.11. The lowest BCUT2D eigenvalue weighted by Gasteiger charge is -2.41. The Morgan fingerprint density at radius 3 is 2.47 bits per heavy atom. The van der Waals surface area contributed by atoms with Gasteiger partial charge in [0, 0.05) is 6.04 Å². The summed E-state index contributed by atoms with van der Waals surface area (Å²) in [4.78, 5) is 2.25. The predicted octanol–water partition coefficient (Wildman–Crippen LogP) is 3.64. The number of hydrogen-bond donors (Lipinski definition) is 1. The topological polar surface area (TPSA) is 23.5 Å². The molecular formula is C15H31NO. The molecule has 0 aliphatic heterocycles. The molecule has 1 saturated carbocycles. The van der Waals surface area contributed by atoms with Crippen LogP contribution in [0.25, 0.3) is 0 Å². The molecule has 0 aromatic carbocycles. The molecule has 0 bridgehead atoms. The minimum absolute atomic E-state index is 0.238. The number of hydrogen-bond acceptors (Lipinski definition) is 2. The lowest BCUT2D eigenvalue weighted by atomic mass is 9.79. The molecule has 0 heterocycles. The third-order valence-corrected chi connectivity index (χ3v) is 4.18. The number of aliphatic hydroxyl groups is 1. The van der Waals surface area contributed by atoms with Gasteiger partial charge in [-0.05, 0) is 44.6 Å². The van der Waals surface area contributed by atoms with Gasteiger partial charge >= 0.3 is 0 Å². The van der Waals surface area contributed by atoms with Crippen molar-refractivity contribution < 1.29 is 5.11 Å². The van der Waals surface area contributed by atoms with Gasteiger partial charge in [0.15, 0.2) is 0 Å². The molecule has 17 heavy (non-hydrogen) atoms. The summed E-state index contributed by atoms with van der Waals surface area (Å²) >= 11 is 0. The summed E-state index contributed by atoms with van der Waals surface area (Å²) in [6.45, 7) is 6.77. The Balaban J connectivity index is 2.56. The lowest BCUT2D eigenvalue weighted by molar-refractivity contribution is -0.0408. The molecule has 2 nitrogen and oxygen atoms in total. The standard InChI is InChI=1S/C15H31NO/c1-5-8-15(17)16(4)14-10-7-6-9-13(14)11-12(2)3/h12-15,17H,5-11H2,1-4H3. The van der Waals surface area contributed by atoms with Crippen molar-refractivity contribution in [3.8, 4) is 0 Å². The van der Waals surface area contributed by atoms with Crippen LogP contribution in [0.2, 0.25) is 0 Å². The molecule has 2 heteroatoms. The van der Waals surface area contributed by atoms with Gasteiger partial charge in [-0.2, -0.15) is 0 Å². The average molecular weight is 241 g/mol. The Bertz CT molecular complexity index is 205. The van der Waals surface area contributed by atoms with Crippen LogP contribution in [-0.2, 0) is 0 Å². The first-order chi connectivity index (χ1) is 8.06. The van der Waals surface area contributed by atoms with Crippen LogP contribution in [0.15, 0.2) is 0 Å². The van der Waals surface area contributed by atoms with E-state index in [1.54, 1.807) is 0 Å². The first-order valence-corrected chi connectivity index (χ1v) is 7.46. The highest BCUT2D eigenvalue weighted by Crippen LogP contribution is 2.33. The largest absolute Gasteiger partial charge is 0.378 e. The van der Waals surface area contributed by atoms with E-state index in [-0.39, 0.29) is 6.23 Å². The zero-order valence-corrected chi connectivity index (χ0v) is 12.2. The predicted molar refractivity (Wildman–Crippen MR) is 73.9 cm³/mol. The van der Waals surface area contributed by atoms with E-state index < -0.39 is 0 Å². The molecule has 0 spiro atoms. The number of aliphatic hydroxyl groups excluding tert-OH is 1. The van der Waals surface area contributed by atoms with Gasteiger partial charge in [0.05, 0.1) is 0 Å². The van der Waals surface area contributed by atoms with Crippen molar-refractivity contribution in [3.05, 3.63) is 0 Å². The molecule has 102 valence electrons. The molecule has 0 radical (unpaired) electrons. The second kappa shape index (κ2) is 7.38. The van der Waals surface area contributed by atoms with E-state index in [9.17, 15) is 5.11 Å². The van der Waals surface area contributed by atoms with Gasteiger partial charge in [-0.3, -0.25) is 4.90 Å². The van der Waals surface area contributed by atoms with E-state index in [0.29, 0.717) is 6.04 Å². The average Bonchev–Trinajstić information content (AvgIpc) is 2.28. The third kappa shape index (κ3) is 4.59. The lowest BCUT2D eigenvalue weighted by Crippen LogP contribution is -2.46. The molecule has 1 rings (SSSR count). The molecule has 0 saturated heterocycles. The highest BCUT2D eigenvalue weighted by Gasteiger charge is 2.31. The van der Waals surface area contributed by atoms with Crippen molar-refractivity contribution in [2.24, 2.45) is 11.8 Å². The van der Waals surface area contributed by atoms with Crippen molar-refractivity contribution in [2.45, 2.75) is 78.0 Å². The van der Waals surface area contributed by atoms with Crippen LogP contribution >= 0.6 is 0 Å². The normalized spacial score (nSPS) is 27.7. The van der Waals surface area contributed by atoms with Crippen molar-refractivity contribution in [1.82, 2.24) is 4.90 Å². The van der Waals surface area contributed by atoms with Crippen LogP contribution in [0.4, 0.5) is 0 Å². The summed E-state index contributed by atoms with van der Waals surface area (Å²) in [6.07, 6.45) is 8.38. The first-order valence-electron chi connectivity index (χ1n) is 7.46. The number of nitrogens with zero attached hydrogens (tertiary/aromatic N) is 1.